The van der Waals surface area contributed by atoms with E-state index in [-0.39, 0.29) is 11.9 Å². The number of ketones is 1. The zero-order valence-corrected chi connectivity index (χ0v) is 11.4. The molecule has 1 saturated heterocycles. The van der Waals surface area contributed by atoms with Crippen molar-refractivity contribution in [2.24, 2.45) is 0 Å². The molecule has 0 aliphatic carbocycles. The van der Waals surface area contributed by atoms with Gasteiger partial charge in [-0.1, -0.05) is 12.1 Å². The van der Waals surface area contributed by atoms with Crippen LogP contribution in [0.3, 0.4) is 0 Å². The number of morpholine rings is 1. The van der Waals surface area contributed by atoms with Crippen molar-refractivity contribution in [2.75, 3.05) is 26.2 Å². The van der Waals surface area contributed by atoms with Gasteiger partial charge in [0, 0.05) is 18.7 Å². The highest BCUT2D eigenvalue weighted by Gasteiger charge is 2.19. The number of nitrogens with zero attached hydrogens (tertiary/aromatic N) is 1. The Kier molecular flexibility index (Phi) is 4.15. The molecule has 1 aromatic rings. The Balaban J connectivity index is 2.00. The van der Waals surface area contributed by atoms with Crippen molar-refractivity contribution in [1.29, 1.82) is 0 Å². The molecule has 1 aromatic carbocycles. The van der Waals surface area contributed by atoms with E-state index in [0.717, 1.165) is 25.3 Å². The molecule has 0 aromatic heterocycles. The van der Waals surface area contributed by atoms with E-state index < -0.39 is 0 Å². The lowest BCUT2D eigenvalue weighted by Gasteiger charge is -2.30. The van der Waals surface area contributed by atoms with Crippen LogP contribution in [0.2, 0.25) is 0 Å². The number of ether oxygens (including phenoxy) is 1. The van der Waals surface area contributed by atoms with E-state index >= 15 is 0 Å². The summed E-state index contributed by atoms with van der Waals surface area (Å²) in [6, 6.07) is 5.93. The first-order valence-corrected chi connectivity index (χ1v) is 6.50. The number of carbonyl (C=O) groups excluding carboxylic acids is 1. The molecule has 3 heteroatoms. The lowest BCUT2D eigenvalue weighted by Crippen LogP contribution is -2.43. The van der Waals surface area contributed by atoms with E-state index in [1.165, 1.54) is 11.1 Å². The van der Waals surface area contributed by atoms with Crippen LogP contribution in [-0.2, 0) is 4.74 Å². The number of hydrogen-bond donors (Lipinski definition) is 0. The van der Waals surface area contributed by atoms with E-state index in [4.69, 9.17) is 4.74 Å². The Hall–Kier alpha value is -1.19. The van der Waals surface area contributed by atoms with Crippen LogP contribution in [-0.4, -0.2) is 43.0 Å². The van der Waals surface area contributed by atoms with Gasteiger partial charge in [0.2, 0.25) is 0 Å². The van der Waals surface area contributed by atoms with Gasteiger partial charge in [0.15, 0.2) is 5.78 Å². The predicted octanol–water partition coefficient (Wildman–Crippen LogP) is 2.21. The van der Waals surface area contributed by atoms with Gasteiger partial charge in [-0.2, -0.15) is 0 Å². The summed E-state index contributed by atoms with van der Waals surface area (Å²) in [5.74, 6) is 0.201. The topological polar surface area (TPSA) is 29.5 Å². The Morgan fingerprint density at radius 3 is 2.83 bits per heavy atom. The van der Waals surface area contributed by atoms with Gasteiger partial charge in [0.25, 0.3) is 0 Å². The third-order valence-electron chi connectivity index (χ3n) is 3.52. The zero-order valence-electron chi connectivity index (χ0n) is 11.4. The highest BCUT2D eigenvalue weighted by atomic mass is 16.5. The molecule has 3 nitrogen and oxygen atoms in total. The molecule has 1 heterocycles. The van der Waals surface area contributed by atoms with E-state index in [9.17, 15) is 4.79 Å². The minimum atomic E-state index is 0.201. The molecule has 0 amide bonds. The summed E-state index contributed by atoms with van der Waals surface area (Å²) < 4.78 is 5.48. The second-order valence-corrected chi connectivity index (χ2v) is 5.14. The van der Waals surface area contributed by atoms with E-state index in [1.54, 1.807) is 0 Å². The fourth-order valence-corrected chi connectivity index (χ4v) is 2.24. The Labute approximate surface area is 109 Å². The molecule has 1 fully saturated rings. The number of Topliss-reactive ketones (excluding diaryl/α,β-unsaturated/α-hetero) is 1. The molecule has 1 unspecified atom stereocenters. The fraction of sp³-hybridized carbons (Fsp3) is 0.533. The molecule has 18 heavy (non-hydrogen) atoms. The maximum Gasteiger partial charge on any atom is 0.176 e. The van der Waals surface area contributed by atoms with Gasteiger partial charge in [0.05, 0.1) is 19.3 Å². The van der Waals surface area contributed by atoms with E-state index in [1.807, 2.05) is 32.0 Å². The highest BCUT2D eigenvalue weighted by molar-refractivity contribution is 5.97. The molecule has 2 rings (SSSR count). The lowest BCUT2D eigenvalue weighted by molar-refractivity contribution is -0.0158. The van der Waals surface area contributed by atoms with Crippen molar-refractivity contribution < 1.29 is 9.53 Å². The SMILES string of the molecule is Cc1ccc(C(=O)CN2CCOC(C)C2)cc1C. The van der Waals surface area contributed by atoms with E-state index in [2.05, 4.69) is 11.8 Å². The summed E-state index contributed by atoms with van der Waals surface area (Å²) in [5, 5.41) is 0. The normalized spacial score (nSPS) is 20.9. The first-order chi connectivity index (χ1) is 8.56. The molecule has 1 aliphatic rings. The average molecular weight is 247 g/mol. The molecule has 0 spiro atoms. The van der Waals surface area contributed by atoms with Gasteiger partial charge in [-0.15, -0.1) is 0 Å². The first-order valence-electron chi connectivity index (χ1n) is 6.50. The minimum absolute atomic E-state index is 0.201. The summed E-state index contributed by atoms with van der Waals surface area (Å²) >= 11 is 0. The van der Waals surface area contributed by atoms with Crippen molar-refractivity contribution in [3.05, 3.63) is 34.9 Å². The second-order valence-electron chi connectivity index (χ2n) is 5.14. The van der Waals surface area contributed by atoms with Crippen LogP contribution >= 0.6 is 0 Å². The van der Waals surface area contributed by atoms with Crippen LogP contribution < -0.4 is 0 Å². The van der Waals surface area contributed by atoms with Crippen molar-refractivity contribution in [3.63, 3.8) is 0 Å². The molecular weight excluding hydrogens is 226 g/mol. The smallest absolute Gasteiger partial charge is 0.176 e. The van der Waals surface area contributed by atoms with E-state index in [0.29, 0.717) is 6.54 Å². The third kappa shape index (κ3) is 3.18. The molecule has 98 valence electrons. The average Bonchev–Trinajstić information content (AvgIpc) is 2.32. The standard InChI is InChI=1S/C15H21NO2/c1-11-4-5-14(8-12(11)2)15(17)10-16-6-7-18-13(3)9-16/h4-5,8,13H,6-7,9-10H2,1-3H3. The maximum atomic E-state index is 12.2. The second kappa shape index (κ2) is 5.63. The van der Waals surface area contributed by atoms with Crippen molar-refractivity contribution in [2.45, 2.75) is 26.9 Å². The minimum Gasteiger partial charge on any atom is -0.376 e. The van der Waals surface area contributed by atoms with Crippen LogP contribution in [0.5, 0.6) is 0 Å². The molecule has 1 atom stereocenters. The largest absolute Gasteiger partial charge is 0.376 e. The molecule has 0 N–H and O–H groups in total. The van der Waals surface area contributed by atoms with Crippen LogP contribution in [0, 0.1) is 13.8 Å². The summed E-state index contributed by atoms with van der Waals surface area (Å²) in [7, 11) is 0. The molecule has 0 saturated carbocycles. The van der Waals surface area contributed by atoms with Crippen LogP contribution in [0.25, 0.3) is 0 Å². The summed E-state index contributed by atoms with van der Waals surface area (Å²) in [5.41, 5.74) is 3.22. The first kappa shape index (κ1) is 13.2. The number of hydrogen-bond acceptors (Lipinski definition) is 3. The third-order valence-corrected chi connectivity index (χ3v) is 3.52. The van der Waals surface area contributed by atoms with Crippen LogP contribution in [0.4, 0.5) is 0 Å². The quantitative estimate of drug-likeness (QED) is 0.767. The monoisotopic (exact) mass is 247 g/mol. The van der Waals surface area contributed by atoms with Crippen LogP contribution in [0.1, 0.15) is 28.4 Å². The van der Waals surface area contributed by atoms with Gasteiger partial charge in [-0.25, -0.2) is 0 Å². The van der Waals surface area contributed by atoms with Gasteiger partial charge in [-0.05, 0) is 38.0 Å². The Bertz CT molecular complexity index is 442. The predicted molar refractivity (Wildman–Crippen MR) is 72.1 cm³/mol. The number of carbonyl (C=O) groups is 1. The number of benzene rings is 1. The van der Waals surface area contributed by atoms with Crippen molar-refractivity contribution in [3.8, 4) is 0 Å². The number of rotatable bonds is 3. The maximum absolute atomic E-state index is 12.2. The van der Waals surface area contributed by atoms with Gasteiger partial charge in [0.1, 0.15) is 0 Å². The molecule has 1 aliphatic heterocycles. The van der Waals surface area contributed by atoms with Crippen molar-refractivity contribution >= 4 is 5.78 Å². The Morgan fingerprint density at radius 2 is 2.17 bits per heavy atom. The zero-order chi connectivity index (χ0) is 13.1. The molecule has 0 radical (unpaired) electrons. The molecular formula is C15H21NO2. The molecule has 0 bridgehead atoms. The lowest BCUT2D eigenvalue weighted by atomic mass is 10.0. The van der Waals surface area contributed by atoms with Gasteiger partial charge >= 0.3 is 0 Å². The van der Waals surface area contributed by atoms with Crippen molar-refractivity contribution in [1.82, 2.24) is 4.90 Å². The summed E-state index contributed by atoms with van der Waals surface area (Å²) in [6.07, 6.45) is 0.228. The van der Waals surface area contributed by atoms with Crippen LogP contribution in [0.15, 0.2) is 18.2 Å². The Morgan fingerprint density at radius 1 is 1.39 bits per heavy atom. The van der Waals surface area contributed by atoms with Gasteiger partial charge < -0.3 is 4.74 Å². The summed E-state index contributed by atoms with van der Waals surface area (Å²) in [6.45, 7) is 9.07. The highest BCUT2D eigenvalue weighted by Crippen LogP contribution is 2.12. The van der Waals surface area contributed by atoms with Gasteiger partial charge in [-0.3, -0.25) is 9.69 Å². The fourth-order valence-electron chi connectivity index (χ4n) is 2.24. The summed E-state index contributed by atoms with van der Waals surface area (Å²) in [4.78, 5) is 14.4. The number of aryl methyl sites for hydroxylation is 2.